The van der Waals surface area contributed by atoms with Gasteiger partial charge in [-0.3, -0.25) is 9.59 Å². The Kier molecular flexibility index (Phi) is 5.64. The average molecular weight is 368 g/mol. The molecule has 1 aliphatic rings. The summed E-state index contributed by atoms with van der Waals surface area (Å²) in [6, 6.07) is 10.7. The summed E-state index contributed by atoms with van der Waals surface area (Å²) in [5.74, 6) is 0.909. The Morgan fingerprint density at radius 3 is 2.56 bits per heavy atom. The molecule has 0 spiro atoms. The first kappa shape index (κ1) is 18.8. The number of carbonyl (C=O) groups is 2. The third kappa shape index (κ3) is 3.89. The normalized spacial score (nSPS) is 12.9. The Balaban J connectivity index is 1.84. The first-order chi connectivity index (χ1) is 13.1. The molecule has 0 atom stereocenters. The van der Waals surface area contributed by atoms with Crippen LogP contribution in [0.15, 0.2) is 36.4 Å². The maximum absolute atomic E-state index is 12.6. The van der Waals surface area contributed by atoms with Gasteiger partial charge in [-0.2, -0.15) is 0 Å². The summed E-state index contributed by atoms with van der Waals surface area (Å²) in [6.45, 7) is 2.58. The van der Waals surface area contributed by atoms with Gasteiger partial charge in [-0.05, 0) is 48.7 Å². The van der Waals surface area contributed by atoms with Crippen molar-refractivity contribution >= 4 is 23.2 Å². The number of rotatable bonds is 5. The molecule has 0 saturated heterocycles. The lowest BCUT2D eigenvalue weighted by Crippen LogP contribution is -2.35. The predicted octanol–water partition coefficient (Wildman–Crippen LogP) is 3.65. The van der Waals surface area contributed by atoms with E-state index in [-0.39, 0.29) is 11.8 Å². The highest BCUT2D eigenvalue weighted by molar-refractivity contribution is 6.05. The second kappa shape index (κ2) is 8.12. The number of nitrogens with zero attached hydrogens (tertiary/aromatic N) is 1. The van der Waals surface area contributed by atoms with Crippen molar-refractivity contribution in [1.82, 2.24) is 0 Å². The van der Waals surface area contributed by atoms with E-state index in [1.807, 2.05) is 30.0 Å². The maximum atomic E-state index is 12.6. The van der Waals surface area contributed by atoms with E-state index in [4.69, 9.17) is 9.47 Å². The van der Waals surface area contributed by atoms with Crippen molar-refractivity contribution in [2.45, 2.75) is 26.2 Å². The van der Waals surface area contributed by atoms with E-state index in [9.17, 15) is 9.59 Å². The van der Waals surface area contributed by atoms with Gasteiger partial charge in [0.15, 0.2) is 11.5 Å². The van der Waals surface area contributed by atoms with E-state index in [0.717, 1.165) is 24.1 Å². The number of ether oxygens (including phenoxy) is 2. The summed E-state index contributed by atoms with van der Waals surface area (Å²) >= 11 is 0. The fourth-order valence-corrected chi connectivity index (χ4v) is 3.28. The minimum Gasteiger partial charge on any atom is -0.493 e. The van der Waals surface area contributed by atoms with E-state index in [0.29, 0.717) is 35.7 Å². The van der Waals surface area contributed by atoms with Crippen LogP contribution in [0.3, 0.4) is 0 Å². The molecule has 142 valence electrons. The van der Waals surface area contributed by atoms with E-state index < -0.39 is 0 Å². The molecule has 0 aromatic heterocycles. The van der Waals surface area contributed by atoms with Crippen LogP contribution in [0, 0.1) is 0 Å². The molecule has 0 radical (unpaired) electrons. The molecule has 27 heavy (non-hydrogen) atoms. The summed E-state index contributed by atoms with van der Waals surface area (Å²) in [4.78, 5) is 26.7. The lowest BCUT2D eigenvalue weighted by Gasteiger charge is -2.29. The summed E-state index contributed by atoms with van der Waals surface area (Å²) in [7, 11) is 3.08. The van der Waals surface area contributed by atoms with Gasteiger partial charge in [0.25, 0.3) is 5.91 Å². The average Bonchev–Trinajstić information content (AvgIpc) is 2.72. The Hall–Kier alpha value is -3.02. The van der Waals surface area contributed by atoms with Gasteiger partial charge in [0, 0.05) is 29.9 Å². The van der Waals surface area contributed by atoms with Gasteiger partial charge in [0.05, 0.1) is 14.2 Å². The highest BCUT2D eigenvalue weighted by Gasteiger charge is 2.22. The maximum Gasteiger partial charge on any atom is 0.255 e. The van der Waals surface area contributed by atoms with Gasteiger partial charge >= 0.3 is 0 Å². The van der Waals surface area contributed by atoms with Crippen LogP contribution < -0.4 is 19.7 Å². The Labute approximate surface area is 159 Å². The first-order valence-corrected chi connectivity index (χ1v) is 9.04. The van der Waals surface area contributed by atoms with Crippen LogP contribution in [-0.2, 0) is 11.2 Å². The predicted molar refractivity (Wildman–Crippen MR) is 105 cm³/mol. The number of hydrogen-bond acceptors (Lipinski definition) is 4. The van der Waals surface area contributed by atoms with Gasteiger partial charge in [-0.15, -0.1) is 0 Å². The summed E-state index contributed by atoms with van der Waals surface area (Å²) in [5, 5.41) is 2.90. The fourth-order valence-electron chi connectivity index (χ4n) is 3.28. The number of carbonyl (C=O) groups excluding carboxylic acids is 2. The molecule has 6 heteroatoms. The Morgan fingerprint density at radius 1 is 1.07 bits per heavy atom. The van der Waals surface area contributed by atoms with E-state index in [1.54, 1.807) is 25.3 Å². The number of aryl methyl sites for hydroxylation is 1. The van der Waals surface area contributed by atoms with E-state index >= 15 is 0 Å². The zero-order chi connectivity index (χ0) is 19.4. The van der Waals surface area contributed by atoms with Crippen molar-refractivity contribution in [3.8, 4) is 11.5 Å². The number of methoxy groups -OCH3 is 2. The molecule has 2 aromatic rings. The minimum absolute atomic E-state index is 0.0966. The summed E-state index contributed by atoms with van der Waals surface area (Å²) in [6.07, 6.45) is 2.35. The lowest BCUT2D eigenvalue weighted by atomic mass is 10.0. The van der Waals surface area contributed by atoms with Crippen LogP contribution >= 0.6 is 0 Å². The molecular weight excluding hydrogens is 344 g/mol. The van der Waals surface area contributed by atoms with Crippen LogP contribution in [0.25, 0.3) is 0 Å². The third-order valence-corrected chi connectivity index (χ3v) is 4.71. The fraction of sp³-hybridized carbons (Fsp3) is 0.333. The molecule has 2 amide bonds. The van der Waals surface area contributed by atoms with Crippen LogP contribution in [0.1, 0.15) is 35.7 Å². The number of fused-ring (bicyclic) bond motifs is 1. The molecule has 1 aliphatic heterocycles. The van der Waals surface area contributed by atoms with Crippen LogP contribution in [0.5, 0.6) is 11.5 Å². The Bertz CT molecular complexity index is 863. The first-order valence-electron chi connectivity index (χ1n) is 9.04. The third-order valence-electron chi connectivity index (χ3n) is 4.71. The van der Waals surface area contributed by atoms with Gasteiger partial charge in [-0.1, -0.05) is 13.0 Å². The smallest absolute Gasteiger partial charge is 0.255 e. The molecule has 1 heterocycles. The zero-order valence-electron chi connectivity index (χ0n) is 15.9. The SMILES string of the molecule is CCC(=O)N1CCCc2ccc(NC(=O)c3ccc(OC)c(OC)c3)cc21. The van der Waals surface area contributed by atoms with E-state index in [1.165, 1.54) is 7.11 Å². The van der Waals surface area contributed by atoms with Crippen LogP contribution in [0.2, 0.25) is 0 Å². The summed E-state index contributed by atoms with van der Waals surface area (Å²) < 4.78 is 10.5. The van der Waals surface area contributed by atoms with Gasteiger partial charge in [-0.25, -0.2) is 0 Å². The van der Waals surface area contributed by atoms with Gasteiger partial charge in [0.2, 0.25) is 5.91 Å². The number of benzene rings is 2. The second-order valence-electron chi connectivity index (χ2n) is 6.37. The number of anilines is 2. The number of amides is 2. The largest absolute Gasteiger partial charge is 0.493 e. The standard InChI is InChI=1S/C21H24N2O4/c1-4-20(24)23-11-5-6-14-7-9-16(13-17(14)23)22-21(25)15-8-10-18(26-2)19(12-15)27-3/h7-10,12-13H,4-6,11H2,1-3H3,(H,22,25). The molecule has 6 nitrogen and oxygen atoms in total. The monoisotopic (exact) mass is 368 g/mol. The van der Waals surface area contributed by atoms with Crippen molar-refractivity contribution in [3.63, 3.8) is 0 Å². The van der Waals surface area contributed by atoms with Gasteiger partial charge in [0.1, 0.15) is 0 Å². The molecule has 1 N–H and O–H groups in total. The van der Waals surface area contributed by atoms with Crippen molar-refractivity contribution in [2.24, 2.45) is 0 Å². The molecule has 0 bridgehead atoms. The minimum atomic E-state index is -0.250. The van der Waals surface area contributed by atoms with Crippen molar-refractivity contribution < 1.29 is 19.1 Å². The summed E-state index contributed by atoms with van der Waals surface area (Å²) in [5.41, 5.74) is 3.14. The quantitative estimate of drug-likeness (QED) is 0.875. The molecule has 3 rings (SSSR count). The van der Waals surface area contributed by atoms with Crippen LogP contribution in [-0.4, -0.2) is 32.6 Å². The second-order valence-corrected chi connectivity index (χ2v) is 6.37. The lowest BCUT2D eigenvalue weighted by molar-refractivity contribution is -0.118. The highest BCUT2D eigenvalue weighted by atomic mass is 16.5. The number of hydrogen-bond donors (Lipinski definition) is 1. The highest BCUT2D eigenvalue weighted by Crippen LogP contribution is 2.31. The molecular formula is C21H24N2O4. The van der Waals surface area contributed by atoms with E-state index in [2.05, 4.69) is 5.32 Å². The Morgan fingerprint density at radius 2 is 1.85 bits per heavy atom. The van der Waals surface area contributed by atoms with Crippen LogP contribution in [0.4, 0.5) is 11.4 Å². The van der Waals surface area contributed by atoms with Crippen molar-refractivity contribution in [2.75, 3.05) is 31.0 Å². The number of nitrogens with one attached hydrogen (secondary N) is 1. The van der Waals surface area contributed by atoms with Crippen molar-refractivity contribution in [1.29, 1.82) is 0 Å². The zero-order valence-corrected chi connectivity index (χ0v) is 15.9. The topological polar surface area (TPSA) is 67.9 Å². The molecule has 0 saturated carbocycles. The molecule has 0 fully saturated rings. The molecule has 2 aromatic carbocycles. The molecule has 0 unspecified atom stereocenters. The van der Waals surface area contributed by atoms with Gasteiger partial charge < -0.3 is 19.7 Å². The molecule has 0 aliphatic carbocycles. The van der Waals surface area contributed by atoms with Crippen molar-refractivity contribution in [3.05, 3.63) is 47.5 Å².